The van der Waals surface area contributed by atoms with Gasteiger partial charge in [0.15, 0.2) is 0 Å². The molecule has 1 aromatic rings. The van der Waals surface area contributed by atoms with Gasteiger partial charge in [-0.3, -0.25) is 9.69 Å². The predicted molar refractivity (Wildman–Crippen MR) is 62.6 cm³/mol. The maximum absolute atomic E-state index is 10.9. The van der Waals surface area contributed by atoms with E-state index < -0.39 is 5.97 Å². The van der Waals surface area contributed by atoms with Gasteiger partial charge < -0.3 is 5.11 Å². The van der Waals surface area contributed by atoms with Crippen molar-refractivity contribution in [1.29, 1.82) is 0 Å². The number of carboxylic acids is 1. The Morgan fingerprint density at radius 1 is 1.56 bits per heavy atom. The van der Waals surface area contributed by atoms with Gasteiger partial charge in [-0.15, -0.1) is 0 Å². The fourth-order valence-electron chi connectivity index (χ4n) is 2.28. The number of carboxylic acid groups (broad SMARTS) is 1. The molecule has 0 amide bonds. The molecule has 0 aliphatic carbocycles. The molecule has 1 saturated heterocycles. The molecule has 1 heterocycles. The number of benzene rings is 1. The summed E-state index contributed by atoms with van der Waals surface area (Å²) in [4.78, 5) is 13.0. The Bertz CT molecular complexity index is 408. The summed E-state index contributed by atoms with van der Waals surface area (Å²) in [5.41, 5.74) is 1.10. The minimum absolute atomic E-state index is 0.166. The van der Waals surface area contributed by atoms with Gasteiger partial charge >= 0.3 is 5.97 Å². The number of likely N-dealkylation sites (tertiary alicyclic amines) is 1. The average molecular weight is 240 g/mol. The third-order valence-electron chi connectivity index (χ3n) is 3.13. The van der Waals surface area contributed by atoms with Gasteiger partial charge in [-0.25, -0.2) is 0 Å². The molecular formula is C12H14ClNO2. The van der Waals surface area contributed by atoms with Crippen LogP contribution in [0.4, 0.5) is 0 Å². The van der Waals surface area contributed by atoms with Crippen LogP contribution >= 0.6 is 11.6 Å². The molecule has 0 unspecified atom stereocenters. The van der Waals surface area contributed by atoms with Crippen molar-refractivity contribution < 1.29 is 9.90 Å². The Balaban J connectivity index is 2.19. The van der Waals surface area contributed by atoms with Gasteiger partial charge in [0.1, 0.15) is 0 Å². The summed E-state index contributed by atoms with van der Waals surface area (Å²) >= 11 is 5.94. The summed E-state index contributed by atoms with van der Waals surface area (Å²) in [6.45, 7) is 0.604. The standard InChI is InChI=1S/C12H14ClNO2/c1-14-7-9(12(15)16)6-11(14)8-3-2-4-10(13)5-8/h2-5,9,11H,6-7H2,1H3,(H,15,16)/t9-,11+/m1/s1. The van der Waals surface area contributed by atoms with E-state index in [4.69, 9.17) is 16.7 Å². The first-order chi connectivity index (χ1) is 7.58. The molecule has 1 fully saturated rings. The van der Waals surface area contributed by atoms with Crippen molar-refractivity contribution in [1.82, 2.24) is 4.90 Å². The predicted octanol–water partition coefficient (Wildman–Crippen LogP) is 2.42. The third-order valence-corrected chi connectivity index (χ3v) is 3.37. The van der Waals surface area contributed by atoms with E-state index in [-0.39, 0.29) is 12.0 Å². The Labute approximate surface area is 99.6 Å². The molecular weight excluding hydrogens is 226 g/mol. The van der Waals surface area contributed by atoms with Crippen LogP contribution in [0.5, 0.6) is 0 Å². The lowest BCUT2D eigenvalue weighted by Gasteiger charge is -2.19. The summed E-state index contributed by atoms with van der Waals surface area (Å²) in [6.07, 6.45) is 0.659. The fraction of sp³-hybridized carbons (Fsp3) is 0.417. The van der Waals surface area contributed by atoms with Gasteiger partial charge in [0, 0.05) is 17.6 Å². The minimum Gasteiger partial charge on any atom is -0.481 e. The van der Waals surface area contributed by atoms with Gasteiger partial charge in [-0.05, 0) is 31.2 Å². The van der Waals surface area contributed by atoms with E-state index in [2.05, 4.69) is 4.90 Å². The number of hydrogen-bond acceptors (Lipinski definition) is 2. The number of rotatable bonds is 2. The Kier molecular flexibility index (Phi) is 3.17. The van der Waals surface area contributed by atoms with Crippen molar-refractivity contribution >= 4 is 17.6 Å². The molecule has 4 heteroatoms. The first kappa shape index (κ1) is 11.4. The van der Waals surface area contributed by atoms with Gasteiger partial charge in [-0.1, -0.05) is 23.7 Å². The molecule has 1 N–H and O–H groups in total. The molecule has 0 spiro atoms. The summed E-state index contributed by atoms with van der Waals surface area (Å²) in [7, 11) is 1.95. The SMILES string of the molecule is CN1C[C@H](C(=O)O)C[C@H]1c1cccc(Cl)c1. The highest BCUT2D eigenvalue weighted by molar-refractivity contribution is 6.30. The highest BCUT2D eigenvalue weighted by Crippen LogP contribution is 2.34. The molecule has 86 valence electrons. The number of nitrogens with zero attached hydrogens (tertiary/aromatic N) is 1. The summed E-state index contributed by atoms with van der Waals surface area (Å²) in [6, 6.07) is 7.80. The lowest BCUT2D eigenvalue weighted by Crippen LogP contribution is -2.20. The minimum atomic E-state index is -0.712. The Morgan fingerprint density at radius 3 is 2.88 bits per heavy atom. The van der Waals surface area contributed by atoms with Crippen molar-refractivity contribution in [3.05, 3.63) is 34.9 Å². The van der Waals surface area contributed by atoms with E-state index in [9.17, 15) is 4.79 Å². The second-order valence-electron chi connectivity index (χ2n) is 4.28. The maximum Gasteiger partial charge on any atom is 0.307 e. The van der Waals surface area contributed by atoms with Gasteiger partial charge in [0.25, 0.3) is 0 Å². The summed E-state index contributed by atoms with van der Waals surface area (Å²) < 4.78 is 0. The van der Waals surface area contributed by atoms with Crippen LogP contribution in [0, 0.1) is 5.92 Å². The highest BCUT2D eigenvalue weighted by Gasteiger charge is 2.34. The van der Waals surface area contributed by atoms with E-state index in [0.717, 1.165) is 5.56 Å². The van der Waals surface area contributed by atoms with E-state index in [0.29, 0.717) is 18.0 Å². The van der Waals surface area contributed by atoms with Crippen LogP contribution in [0.25, 0.3) is 0 Å². The van der Waals surface area contributed by atoms with Gasteiger partial charge in [-0.2, -0.15) is 0 Å². The number of halogens is 1. The lowest BCUT2D eigenvalue weighted by atomic mass is 10.00. The van der Waals surface area contributed by atoms with Gasteiger partial charge in [0.05, 0.1) is 5.92 Å². The molecule has 0 radical (unpaired) electrons. The van der Waals surface area contributed by atoms with Crippen molar-refractivity contribution in [3.8, 4) is 0 Å². The first-order valence-electron chi connectivity index (χ1n) is 5.26. The molecule has 0 saturated carbocycles. The van der Waals surface area contributed by atoms with E-state index >= 15 is 0 Å². The van der Waals surface area contributed by atoms with Crippen molar-refractivity contribution in [2.45, 2.75) is 12.5 Å². The van der Waals surface area contributed by atoms with Crippen molar-refractivity contribution in [3.63, 3.8) is 0 Å². The molecule has 2 rings (SSSR count). The zero-order chi connectivity index (χ0) is 11.7. The quantitative estimate of drug-likeness (QED) is 0.862. The Hall–Kier alpha value is -1.06. The van der Waals surface area contributed by atoms with Crippen LogP contribution in [0.3, 0.4) is 0 Å². The normalized spacial score (nSPS) is 25.9. The molecule has 0 bridgehead atoms. The zero-order valence-electron chi connectivity index (χ0n) is 9.06. The summed E-state index contributed by atoms with van der Waals surface area (Å²) in [5.74, 6) is -0.981. The van der Waals surface area contributed by atoms with E-state index in [1.54, 1.807) is 0 Å². The molecule has 1 aliphatic rings. The molecule has 16 heavy (non-hydrogen) atoms. The molecule has 0 aromatic heterocycles. The number of hydrogen-bond donors (Lipinski definition) is 1. The first-order valence-corrected chi connectivity index (χ1v) is 5.64. The smallest absolute Gasteiger partial charge is 0.307 e. The lowest BCUT2D eigenvalue weighted by molar-refractivity contribution is -0.141. The topological polar surface area (TPSA) is 40.5 Å². The molecule has 1 aliphatic heterocycles. The molecule has 1 aromatic carbocycles. The second kappa shape index (κ2) is 4.44. The van der Waals surface area contributed by atoms with Crippen LogP contribution in [-0.4, -0.2) is 29.6 Å². The van der Waals surface area contributed by atoms with Crippen LogP contribution in [0.2, 0.25) is 5.02 Å². The largest absolute Gasteiger partial charge is 0.481 e. The number of carbonyl (C=O) groups is 1. The van der Waals surface area contributed by atoms with Crippen LogP contribution in [0.15, 0.2) is 24.3 Å². The van der Waals surface area contributed by atoms with E-state index in [1.165, 1.54) is 0 Å². The van der Waals surface area contributed by atoms with E-state index in [1.807, 2.05) is 31.3 Å². The van der Waals surface area contributed by atoms with Crippen molar-refractivity contribution in [2.75, 3.05) is 13.6 Å². The van der Waals surface area contributed by atoms with Gasteiger partial charge in [0.2, 0.25) is 0 Å². The maximum atomic E-state index is 10.9. The second-order valence-corrected chi connectivity index (χ2v) is 4.72. The monoisotopic (exact) mass is 239 g/mol. The molecule has 2 atom stereocenters. The average Bonchev–Trinajstić information content (AvgIpc) is 2.60. The van der Waals surface area contributed by atoms with Crippen LogP contribution in [-0.2, 0) is 4.79 Å². The summed E-state index contributed by atoms with van der Waals surface area (Å²) in [5, 5.41) is 9.70. The Morgan fingerprint density at radius 2 is 2.31 bits per heavy atom. The number of aliphatic carboxylic acids is 1. The highest BCUT2D eigenvalue weighted by atomic mass is 35.5. The molecule has 3 nitrogen and oxygen atoms in total. The van der Waals surface area contributed by atoms with Crippen LogP contribution in [0.1, 0.15) is 18.0 Å². The third kappa shape index (κ3) is 2.20. The van der Waals surface area contributed by atoms with Crippen LogP contribution < -0.4 is 0 Å². The zero-order valence-corrected chi connectivity index (χ0v) is 9.81. The fourth-order valence-corrected chi connectivity index (χ4v) is 2.48. The van der Waals surface area contributed by atoms with Crippen molar-refractivity contribution in [2.24, 2.45) is 5.92 Å².